The van der Waals surface area contributed by atoms with Crippen LogP contribution in [0, 0.1) is 0 Å². The van der Waals surface area contributed by atoms with Crippen LogP contribution in [0.25, 0.3) is 0 Å². The zero-order chi connectivity index (χ0) is 16.5. The number of aliphatic hydroxyl groups excluding tert-OH is 1. The summed E-state index contributed by atoms with van der Waals surface area (Å²) >= 11 is 0. The van der Waals surface area contributed by atoms with E-state index in [1.165, 1.54) is 11.1 Å². The molecule has 0 unspecified atom stereocenters. The van der Waals surface area contributed by atoms with Crippen LogP contribution in [0.1, 0.15) is 37.4 Å². The van der Waals surface area contributed by atoms with Gasteiger partial charge in [-0.1, -0.05) is 55.8 Å². The number of rotatable bonds is 9. The van der Waals surface area contributed by atoms with Gasteiger partial charge in [0.25, 0.3) is 0 Å². The lowest BCUT2D eigenvalue weighted by Gasteiger charge is -2.18. The van der Waals surface area contributed by atoms with Crippen LogP contribution in [0.2, 0.25) is 0 Å². The summed E-state index contributed by atoms with van der Waals surface area (Å²) in [6, 6.07) is 18.5. The Morgan fingerprint density at radius 1 is 1.04 bits per heavy atom. The third-order valence-electron chi connectivity index (χ3n) is 3.86. The smallest absolute Gasteiger partial charge is 0.119 e. The zero-order valence-corrected chi connectivity index (χ0v) is 14.0. The van der Waals surface area contributed by atoms with Crippen molar-refractivity contribution in [2.75, 3.05) is 13.2 Å². The number of hydrogen-bond donors (Lipinski definition) is 2. The van der Waals surface area contributed by atoms with Crippen LogP contribution in [0.5, 0.6) is 5.75 Å². The van der Waals surface area contributed by atoms with Crippen molar-refractivity contribution in [2.24, 2.45) is 0 Å². The van der Waals surface area contributed by atoms with E-state index in [1.807, 2.05) is 30.3 Å². The first-order chi connectivity index (χ1) is 11.2. The summed E-state index contributed by atoms with van der Waals surface area (Å²) in [6.45, 7) is 5.06. The highest BCUT2D eigenvalue weighted by Gasteiger charge is 2.09. The minimum atomic E-state index is -0.531. The fourth-order valence-corrected chi connectivity index (χ4v) is 2.46. The van der Waals surface area contributed by atoms with Crippen LogP contribution in [0.3, 0.4) is 0 Å². The Kier molecular flexibility index (Phi) is 7.11. The molecule has 0 saturated carbocycles. The Hall–Kier alpha value is -1.84. The average molecular weight is 313 g/mol. The maximum absolute atomic E-state index is 10.1. The Bertz CT molecular complexity index is 554. The van der Waals surface area contributed by atoms with Gasteiger partial charge in [0.1, 0.15) is 18.5 Å². The van der Waals surface area contributed by atoms with Gasteiger partial charge in [0.2, 0.25) is 0 Å². The Labute approximate surface area is 139 Å². The number of nitrogens with one attached hydrogen (secondary N) is 1. The number of ether oxygens (including phenoxy) is 1. The van der Waals surface area contributed by atoms with Crippen molar-refractivity contribution in [1.29, 1.82) is 0 Å². The fourth-order valence-electron chi connectivity index (χ4n) is 2.46. The normalized spacial score (nSPS) is 13.5. The van der Waals surface area contributed by atoms with Crippen LogP contribution in [-0.4, -0.2) is 24.4 Å². The molecular weight excluding hydrogens is 286 g/mol. The first-order valence-corrected chi connectivity index (χ1v) is 8.37. The highest BCUT2D eigenvalue weighted by atomic mass is 16.5. The molecule has 0 aromatic heterocycles. The SMILES string of the molecule is CCCc1ccc(OC[C@@H](O)CN[C@H](C)c2ccccc2)cc1. The molecule has 3 nitrogen and oxygen atoms in total. The molecule has 2 rings (SSSR count). The summed E-state index contributed by atoms with van der Waals surface area (Å²) in [7, 11) is 0. The van der Waals surface area contributed by atoms with Crippen molar-refractivity contribution >= 4 is 0 Å². The standard InChI is InChI=1S/C20H27NO2/c1-3-7-17-10-12-20(13-11-17)23-15-19(22)14-21-16(2)18-8-5-4-6-9-18/h4-6,8-13,16,19,21-22H,3,7,14-15H2,1-2H3/t16-,19+/m1/s1. The summed E-state index contributed by atoms with van der Waals surface area (Å²) in [5.41, 5.74) is 2.53. The van der Waals surface area contributed by atoms with Crippen molar-refractivity contribution in [3.8, 4) is 5.75 Å². The van der Waals surface area contributed by atoms with Gasteiger partial charge < -0.3 is 15.2 Å². The molecular formula is C20H27NO2. The molecule has 2 aromatic rings. The number of benzene rings is 2. The van der Waals surface area contributed by atoms with E-state index in [4.69, 9.17) is 4.74 Å². The Morgan fingerprint density at radius 3 is 2.39 bits per heavy atom. The molecule has 2 aromatic carbocycles. The first kappa shape index (κ1) is 17.5. The van der Waals surface area contributed by atoms with E-state index < -0.39 is 6.10 Å². The van der Waals surface area contributed by atoms with Crippen molar-refractivity contribution in [3.63, 3.8) is 0 Å². The average Bonchev–Trinajstić information content (AvgIpc) is 2.60. The molecule has 0 amide bonds. The van der Waals surface area contributed by atoms with Crippen molar-refractivity contribution < 1.29 is 9.84 Å². The van der Waals surface area contributed by atoms with Crippen molar-refractivity contribution in [2.45, 2.75) is 38.8 Å². The summed E-state index contributed by atoms with van der Waals surface area (Å²) in [6.07, 6.45) is 1.70. The van der Waals surface area contributed by atoms with Crippen LogP contribution in [-0.2, 0) is 6.42 Å². The van der Waals surface area contributed by atoms with E-state index in [0.717, 1.165) is 18.6 Å². The molecule has 0 heterocycles. The molecule has 2 atom stereocenters. The molecule has 0 aliphatic heterocycles. The van der Waals surface area contributed by atoms with Crippen molar-refractivity contribution in [3.05, 3.63) is 65.7 Å². The minimum absolute atomic E-state index is 0.208. The van der Waals surface area contributed by atoms with Gasteiger partial charge in [-0.3, -0.25) is 0 Å². The molecule has 0 aliphatic rings. The second-order valence-corrected chi connectivity index (χ2v) is 5.90. The largest absolute Gasteiger partial charge is 0.491 e. The summed E-state index contributed by atoms with van der Waals surface area (Å²) in [5, 5.41) is 13.4. The molecule has 0 bridgehead atoms. The lowest BCUT2D eigenvalue weighted by Crippen LogP contribution is -2.33. The molecule has 0 aliphatic carbocycles. The predicted molar refractivity (Wildman–Crippen MR) is 94.8 cm³/mol. The van der Waals surface area contributed by atoms with Gasteiger partial charge in [0.05, 0.1) is 0 Å². The summed E-state index contributed by atoms with van der Waals surface area (Å²) in [4.78, 5) is 0. The molecule has 124 valence electrons. The van der Waals surface area contributed by atoms with Gasteiger partial charge in [0, 0.05) is 12.6 Å². The predicted octanol–water partition coefficient (Wildman–Crippen LogP) is 3.73. The molecule has 0 radical (unpaired) electrons. The lowest BCUT2D eigenvalue weighted by molar-refractivity contribution is 0.104. The van der Waals surface area contributed by atoms with E-state index in [0.29, 0.717) is 13.2 Å². The van der Waals surface area contributed by atoms with Gasteiger partial charge >= 0.3 is 0 Å². The van der Waals surface area contributed by atoms with Crippen LogP contribution in [0.4, 0.5) is 0 Å². The van der Waals surface area contributed by atoms with E-state index >= 15 is 0 Å². The summed E-state index contributed by atoms with van der Waals surface area (Å²) in [5.74, 6) is 0.806. The number of aliphatic hydroxyl groups is 1. The Balaban J connectivity index is 1.71. The molecule has 0 fully saturated rings. The molecule has 3 heteroatoms. The molecule has 23 heavy (non-hydrogen) atoms. The highest BCUT2D eigenvalue weighted by molar-refractivity contribution is 5.27. The lowest BCUT2D eigenvalue weighted by atomic mass is 10.1. The van der Waals surface area contributed by atoms with Gasteiger partial charge in [-0.25, -0.2) is 0 Å². The molecule has 0 saturated heterocycles. The topological polar surface area (TPSA) is 41.5 Å². The van der Waals surface area contributed by atoms with Gasteiger partial charge in [-0.15, -0.1) is 0 Å². The maximum atomic E-state index is 10.1. The molecule has 2 N–H and O–H groups in total. The second-order valence-electron chi connectivity index (χ2n) is 5.90. The minimum Gasteiger partial charge on any atom is -0.491 e. The first-order valence-electron chi connectivity index (χ1n) is 8.37. The van der Waals surface area contributed by atoms with E-state index in [-0.39, 0.29) is 6.04 Å². The van der Waals surface area contributed by atoms with Crippen molar-refractivity contribution in [1.82, 2.24) is 5.32 Å². The third kappa shape index (κ3) is 6.05. The molecule has 0 spiro atoms. The van der Waals surface area contributed by atoms with E-state index in [9.17, 15) is 5.11 Å². The zero-order valence-electron chi connectivity index (χ0n) is 14.0. The van der Waals surface area contributed by atoms with Crippen LogP contribution in [0.15, 0.2) is 54.6 Å². The summed E-state index contributed by atoms with van der Waals surface area (Å²) < 4.78 is 5.65. The number of aryl methyl sites for hydroxylation is 1. The maximum Gasteiger partial charge on any atom is 0.119 e. The van der Waals surface area contributed by atoms with E-state index in [2.05, 4.69) is 43.4 Å². The monoisotopic (exact) mass is 313 g/mol. The quantitative estimate of drug-likeness (QED) is 0.741. The van der Waals surface area contributed by atoms with Gasteiger partial charge in [0.15, 0.2) is 0 Å². The van der Waals surface area contributed by atoms with Crippen LogP contribution >= 0.6 is 0 Å². The van der Waals surface area contributed by atoms with Gasteiger partial charge in [-0.05, 0) is 36.6 Å². The second kappa shape index (κ2) is 9.33. The van der Waals surface area contributed by atoms with E-state index in [1.54, 1.807) is 0 Å². The highest BCUT2D eigenvalue weighted by Crippen LogP contribution is 2.14. The van der Waals surface area contributed by atoms with Gasteiger partial charge in [-0.2, -0.15) is 0 Å². The van der Waals surface area contributed by atoms with Crippen LogP contribution < -0.4 is 10.1 Å². The third-order valence-corrected chi connectivity index (χ3v) is 3.86. The number of hydrogen-bond acceptors (Lipinski definition) is 3. The fraction of sp³-hybridized carbons (Fsp3) is 0.400. The Morgan fingerprint density at radius 2 is 1.74 bits per heavy atom.